The molecule has 0 spiro atoms. The lowest BCUT2D eigenvalue weighted by atomic mass is 10.1. The van der Waals surface area contributed by atoms with Crippen LogP contribution in [-0.2, 0) is 0 Å². The van der Waals surface area contributed by atoms with Gasteiger partial charge in [0.15, 0.2) is 0 Å². The number of aromatic carboxylic acids is 1. The van der Waals surface area contributed by atoms with Gasteiger partial charge in [0.2, 0.25) is 0 Å². The van der Waals surface area contributed by atoms with E-state index in [1.165, 1.54) is 0 Å². The highest BCUT2D eigenvalue weighted by molar-refractivity contribution is 5.94. The Labute approximate surface area is 87.9 Å². The van der Waals surface area contributed by atoms with Crippen LogP contribution in [0.25, 0.3) is 0 Å². The van der Waals surface area contributed by atoms with Crippen LogP contribution in [0.4, 0.5) is 5.69 Å². The van der Waals surface area contributed by atoms with E-state index in [0.717, 1.165) is 12.8 Å². The second-order valence-corrected chi connectivity index (χ2v) is 3.64. The molecule has 4 heteroatoms. The maximum Gasteiger partial charge on any atom is 0.337 e. The molecular formula is C11H13NO3. The van der Waals surface area contributed by atoms with Crippen molar-refractivity contribution >= 4 is 11.7 Å². The summed E-state index contributed by atoms with van der Waals surface area (Å²) in [5, 5.41) is 12.2. The highest BCUT2D eigenvalue weighted by Gasteiger charge is 2.23. The van der Waals surface area contributed by atoms with Crippen molar-refractivity contribution in [3.63, 3.8) is 0 Å². The fourth-order valence-corrected chi connectivity index (χ4v) is 1.40. The number of carbonyl (C=O) groups is 1. The normalized spacial score (nSPS) is 14.7. The van der Waals surface area contributed by atoms with Gasteiger partial charge < -0.3 is 15.2 Å². The lowest BCUT2D eigenvalue weighted by molar-refractivity contribution is 0.0698. The molecule has 80 valence electrons. The van der Waals surface area contributed by atoms with Crippen LogP contribution in [0.15, 0.2) is 18.2 Å². The second kappa shape index (κ2) is 3.81. The molecule has 2 rings (SSSR count). The third-order valence-corrected chi connectivity index (χ3v) is 2.39. The zero-order chi connectivity index (χ0) is 10.8. The van der Waals surface area contributed by atoms with Gasteiger partial charge in [0.1, 0.15) is 5.75 Å². The number of anilines is 1. The molecule has 0 bridgehead atoms. The van der Waals surface area contributed by atoms with Gasteiger partial charge in [-0.2, -0.15) is 0 Å². The molecule has 0 aliphatic heterocycles. The van der Waals surface area contributed by atoms with E-state index in [9.17, 15) is 4.79 Å². The molecule has 0 radical (unpaired) electrons. The first-order valence-corrected chi connectivity index (χ1v) is 4.88. The van der Waals surface area contributed by atoms with Crippen molar-refractivity contribution in [2.24, 2.45) is 0 Å². The standard InChI is InChI=1S/C11H13NO3/c1-15-8-4-5-9(11(13)14)10(6-8)12-7-2-3-7/h4-7,12H,2-3H2,1H3,(H,13,14). The summed E-state index contributed by atoms with van der Waals surface area (Å²) < 4.78 is 5.06. The summed E-state index contributed by atoms with van der Waals surface area (Å²) in [5.74, 6) is -0.246. The number of hydrogen-bond donors (Lipinski definition) is 2. The summed E-state index contributed by atoms with van der Waals surface area (Å²) in [5.41, 5.74) is 0.937. The van der Waals surface area contributed by atoms with E-state index < -0.39 is 5.97 Å². The SMILES string of the molecule is COc1ccc(C(=O)O)c(NC2CC2)c1. The quantitative estimate of drug-likeness (QED) is 0.792. The average molecular weight is 207 g/mol. The van der Waals surface area contributed by atoms with Gasteiger partial charge >= 0.3 is 5.97 Å². The molecule has 0 heterocycles. The van der Waals surface area contributed by atoms with E-state index >= 15 is 0 Å². The van der Waals surface area contributed by atoms with Crippen molar-refractivity contribution in [1.82, 2.24) is 0 Å². The maximum atomic E-state index is 10.9. The van der Waals surface area contributed by atoms with Crippen LogP contribution >= 0.6 is 0 Å². The third-order valence-electron chi connectivity index (χ3n) is 2.39. The fraction of sp³-hybridized carbons (Fsp3) is 0.364. The van der Waals surface area contributed by atoms with Gasteiger partial charge in [0.25, 0.3) is 0 Å². The molecule has 0 atom stereocenters. The zero-order valence-electron chi connectivity index (χ0n) is 8.49. The van der Waals surface area contributed by atoms with Gasteiger partial charge in [-0.3, -0.25) is 0 Å². The monoisotopic (exact) mass is 207 g/mol. The van der Waals surface area contributed by atoms with Crippen molar-refractivity contribution < 1.29 is 14.6 Å². The van der Waals surface area contributed by atoms with Crippen LogP contribution in [-0.4, -0.2) is 24.2 Å². The Balaban J connectivity index is 2.30. The van der Waals surface area contributed by atoms with Crippen LogP contribution in [0.5, 0.6) is 5.75 Å². The van der Waals surface area contributed by atoms with Gasteiger partial charge in [-0.15, -0.1) is 0 Å². The van der Waals surface area contributed by atoms with Gasteiger partial charge in [-0.1, -0.05) is 0 Å². The smallest absolute Gasteiger partial charge is 0.337 e. The summed E-state index contributed by atoms with van der Waals surface area (Å²) in [6.45, 7) is 0. The predicted octanol–water partition coefficient (Wildman–Crippen LogP) is 1.97. The Kier molecular flexibility index (Phi) is 2.49. The van der Waals surface area contributed by atoms with E-state index in [-0.39, 0.29) is 0 Å². The van der Waals surface area contributed by atoms with Crippen LogP contribution in [0.2, 0.25) is 0 Å². The lowest BCUT2D eigenvalue weighted by Gasteiger charge is -2.10. The molecule has 4 nitrogen and oxygen atoms in total. The summed E-state index contributed by atoms with van der Waals surface area (Å²) in [6, 6.07) is 5.37. The number of hydrogen-bond acceptors (Lipinski definition) is 3. The average Bonchev–Trinajstić information content (AvgIpc) is 3.01. The van der Waals surface area contributed by atoms with E-state index in [1.807, 2.05) is 0 Å². The first kappa shape index (κ1) is 9.83. The molecule has 1 fully saturated rings. The Morgan fingerprint density at radius 1 is 1.53 bits per heavy atom. The van der Waals surface area contributed by atoms with E-state index in [2.05, 4.69) is 5.32 Å². The van der Waals surface area contributed by atoms with Crippen molar-refractivity contribution in [1.29, 1.82) is 0 Å². The van der Waals surface area contributed by atoms with Gasteiger partial charge in [-0.05, 0) is 25.0 Å². The van der Waals surface area contributed by atoms with E-state index in [4.69, 9.17) is 9.84 Å². The fourth-order valence-electron chi connectivity index (χ4n) is 1.40. The number of ether oxygens (including phenoxy) is 1. The summed E-state index contributed by atoms with van der Waals surface area (Å²) in [4.78, 5) is 10.9. The minimum atomic E-state index is -0.916. The number of carboxylic acids is 1. The van der Waals surface area contributed by atoms with Gasteiger partial charge in [-0.25, -0.2) is 4.79 Å². The number of carboxylic acid groups (broad SMARTS) is 1. The first-order valence-electron chi connectivity index (χ1n) is 4.88. The Morgan fingerprint density at radius 2 is 2.27 bits per heavy atom. The summed E-state index contributed by atoms with van der Waals surface area (Å²) in [7, 11) is 1.57. The van der Waals surface area contributed by atoms with Crippen LogP contribution in [0.1, 0.15) is 23.2 Å². The molecule has 0 saturated heterocycles. The Morgan fingerprint density at radius 3 is 2.80 bits per heavy atom. The van der Waals surface area contributed by atoms with Crippen molar-refractivity contribution in [2.75, 3.05) is 12.4 Å². The topological polar surface area (TPSA) is 58.6 Å². The minimum Gasteiger partial charge on any atom is -0.497 e. The Hall–Kier alpha value is -1.71. The molecule has 2 N–H and O–H groups in total. The number of rotatable bonds is 4. The minimum absolute atomic E-state index is 0.294. The highest BCUT2D eigenvalue weighted by atomic mass is 16.5. The molecule has 1 aromatic rings. The molecular weight excluding hydrogens is 194 g/mol. The molecule has 1 aromatic carbocycles. The largest absolute Gasteiger partial charge is 0.497 e. The molecule has 1 saturated carbocycles. The van der Waals surface area contributed by atoms with Crippen LogP contribution < -0.4 is 10.1 Å². The summed E-state index contributed by atoms with van der Waals surface area (Å²) >= 11 is 0. The molecule has 0 unspecified atom stereocenters. The predicted molar refractivity (Wildman–Crippen MR) is 56.6 cm³/mol. The summed E-state index contributed by atoms with van der Waals surface area (Å²) in [6.07, 6.45) is 2.21. The Bertz CT molecular complexity index is 385. The zero-order valence-corrected chi connectivity index (χ0v) is 8.49. The second-order valence-electron chi connectivity index (χ2n) is 3.64. The lowest BCUT2D eigenvalue weighted by Crippen LogP contribution is -2.08. The van der Waals surface area contributed by atoms with Crippen molar-refractivity contribution in [3.8, 4) is 5.75 Å². The number of methoxy groups -OCH3 is 1. The molecule has 15 heavy (non-hydrogen) atoms. The molecule has 0 amide bonds. The number of benzene rings is 1. The van der Waals surface area contributed by atoms with Crippen LogP contribution in [0, 0.1) is 0 Å². The van der Waals surface area contributed by atoms with Crippen molar-refractivity contribution in [3.05, 3.63) is 23.8 Å². The van der Waals surface area contributed by atoms with Crippen molar-refractivity contribution in [2.45, 2.75) is 18.9 Å². The first-order chi connectivity index (χ1) is 7.20. The number of nitrogens with one attached hydrogen (secondary N) is 1. The molecule has 0 aromatic heterocycles. The van der Waals surface area contributed by atoms with E-state index in [0.29, 0.717) is 23.0 Å². The molecule has 1 aliphatic carbocycles. The van der Waals surface area contributed by atoms with Gasteiger partial charge in [0.05, 0.1) is 18.4 Å². The van der Waals surface area contributed by atoms with E-state index in [1.54, 1.807) is 25.3 Å². The maximum absolute atomic E-state index is 10.9. The van der Waals surface area contributed by atoms with Crippen LogP contribution in [0.3, 0.4) is 0 Å². The third kappa shape index (κ3) is 2.21. The van der Waals surface area contributed by atoms with Gasteiger partial charge in [0, 0.05) is 12.1 Å². The highest BCUT2D eigenvalue weighted by Crippen LogP contribution is 2.29. The molecule has 1 aliphatic rings.